The number of nitrogens with one attached hydrogen (secondary N) is 1. The summed E-state index contributed by atoms with van der Waals surface area (Å²) in [5.74, 6) is 1.88. The first-order chi connectivity index (χ1) is 10.1. The Kier molecular flexibility index (Phi) is 5.55. The van der Waals surface area contributed by atoms with Gasteiger partial charge in [-0.15, -0.1) is 0 Å². The number of nitro groups is 1. The van der Waals surface area contributed by atoms with E-state index in [1.54, 1.807) is 6.07 Å². The number of ether oxygens (including phenoxy) is 1. The second-order valence-corrected chi connectivity index (χ2v) is 6.78. The van der Waals surface area contributed by atoms with Gasteiger partial charge < -0.3 is 10.1 Å². The molecule has 0 bridgehead atoms. The van der Waals surface area contributed by atoms with Crippen LogP contribution in [-0.2, 0) is 10.8 Å². The van der Waals surface area contributed by atoms with E-state index >= 15 is 0 Å². The lowest BCUT2D eigenvalue weighted by molar-refractivity contribution is -0.384. The van der Waals surface area contributed by atoms with Gasteiger partial charge in [0.05, 0.1) is 17.6 Å². The molecule has 0 spiro atoms. The van der Waals surface area contributed by atoms with E-state index < -0.39 is 15.7 Å². The first-order valence-electron chi connectivity index (χ1n) is 7.12. The van der Waals surface area contributed by atoms with Gasteiger partial charge in [-0.05, 0) is 19.3 Å². The SMILES string of the molecule is CCCOc1cc(NC2CCS(=O)CC2)cc([N+](=O)[O-])c1. The van der Waals surface area contributed by atoms with Crippen LogP contribution in [0.25, 0.3) is 0 Å². The number of rotatable bonds is 6. The van der Waals surface area contributed by atoms with Crippen molar-refractivity contribution in [3.63, 3.8) is 0 Å². The Hall–Kier alpha value is -1.63. The van der Waals surface area contributed by atoms with Gasteiger partial charge in [0.2, 0.25) is 0 Å². The van der Waals surface area contributed by atoms with Gasteiger partial charge in [0.15, 0.2) is 0 Å². The van der Waals surface area contributed by atoms with E-state index in [1.165, 1.54) is 12.1 Å². The van der Waals surface area contributed by atoms with Gasteiger partial charge in [0, 0.05) is 46.2 Å². The van der Waals surface area contributed by atoms with E-state index in [4.69, 9.17) is 4.74 Å². The summed E-state index contributed by atoms with van der Waals surface area (Å²) in [5.41, 5.74) is 0.707. The van der Waals surface area contributed by atoms with Crippen molar-refractivity contribution in [3.8, 4) is 5.75 Å². The molecule has 0 aromatic heterocycles. The molecule has 0 amide bonds. The maximum atomic E-state index is 11.4. The summed E-state index contributed by atoms with van der Waals surface area (Å²) in [6, 6.07) is 4.96. The largest absolute Gasteiger partial charge is 0.493 e. The third-order valence-electron chi connectivity index (χ3n) is 3.33. The summed E-state index contributed by atoms with van der Waals surface area (Å²) < 4.78 is 16.9. The van der Waals surface area contributed by atoms with Gasteiger partial charge in [-0.2, -0.15) is 0 Å². The standard InChI is InChI=1S/C14H20N2O4S/c1-2-5-20-14-9-12(8-13(10-14)16(17)18)15-11-3-6-21(19)7-4-11/h8-11,15H,2-7H2,1H3. The van der Waals surface area contributed by atoms with Crippen LogP contribution in [0.1, 0.15) is 26.2 Å². The summed E-state index contributed by atoms with van der Waals surface area (Å²) in [6.07, 6.45) is 2.49. The van der Waals surface area contributed by atoms with Crippen LogP contribution >= 0.6 is 0 Å². The van der Waals surface area contributed by atoms with Crippen molar-refractivity contribution in [3.05, 3.63) is 28.3 Å². The highest BCUT2D eigenvalue weighted by molar-refractivity contribution is 7.85. The minimum Gasteiger partial charge on any atom is -0.493 e. The van der Waals surface area contributed by atoms with Crippen LogP contribution in [0.2, 0.25) is 0 Å². The van der Waals surface area contributed by atoms with Crippen LogP contribution in [-0.4, -0.2) is 33.3 Å². The van der Waals surface area contributed by atoms with E-state index in [0.29, 0.717) is 29.5 Å². The summed E-state index contributed by atoms with van der Waals surface area (Å²) in [4.78, 5) is 10.6. The average Bonchev–Trinajstić information content (AvgIpc) is 2.47. The van der Waals surface area contributed by atoms with Crippen LogP contribution < -0.4 is 10.1 Å². The molecule has 1 aliphatic heterocycles. The number of hydrogen-bond donors (Lipinski definition) is 1. The first kappa shape index (κ1) is 15.8. The van der Waals surface area contributed by atoms with E-state index in [-0.39, 0.29) is 11.7 Å². The van der Waals surface area contributed by atoms with Gasteiger partial charge in [-0.3, -0.25) is 14.3 Å². The molecule has 6 nitrogen and oxygen atoms in total. The molecule has 0 radical (unpaired) electrons. The Bertz CT molecular complexity index is 526. The molecule has 1 aromatic rings. The average molecular weight is 312 g/mol. The topological polar surface area (TPSA) is 81.5 Å². The van der Waals surface area contributed by atoms with Gasteiger partial charge in [-0.25, -0.2) is 0 Å². The van der Waals surface area contributed by atoms with Crippen molar-refractivity contribution < 1.29 is 13.9 Å². The van der Waals surface area contributed by atoms with Crippen molar-refractivity contribution in [2.24, 2.45) is 0 Å². The third kappa shape index (κ3) is 4.70. The summed E-state index contributed by atoms with van der Waals surface area (Å²) in [6.45, 7) is 2.52. The highest BCUT2D eigenvalue weighted by Gasteiger charge is 2.19. The molecule has 1 aliphatic rings. The number of nitrogens with zero attached hydrogens (tertiary/aromatic N) is 1. The maximum absolute atomic E-state index is 11.4. The Morgan fingerprint density at radius 3 is 2.71 bits per heavy atom. The lowest BCUT2D eigenvalue weighted by Crippen LogP contribution is -2.29. The molecule has 1 aromatic carbocycles. The Labute approximate surface area is 126 Å². The van der Waals surface area contributed by atoms with E-state index in [1.807, 2.05) is 6.92 Å². The van der Waals surface area contributed by atoms with Crippen LogP contribution in [0, 0.1) is 10.1 Å². The molecule has 2 rings (SSSR count). The molecule has 1 fully saturated rings. The fourth-order valence-electron chi connectivity index (χ4n) is 2.25. The fraction of sp³-hybridized carbons (Fsp3) is 0.571. The number of nitro benzene ring substituents is 1. The molecular weight excluding hydrogens is 292 g/mol. The second kappa shape index (κ2) is 7.40. The first-order valence-corrected chi connectivity index (χ1v) is 8.61. The Balaban J connectivity index is 2.11. The van der Waals surface area contributed by atoms with Gasteiger partial charge in [-0.1, -0.05) is 6.92 Å². The number of non-ortho nitro benzene ring substituents is 1. The van der Waals surface area contributed by atoms with Crippen LogP contribution in [0.4, 0.5) is 11.4 Å². The lowest BCUT2D eigenvalue weighted by atomic mass is 10.1. The zero-order valence-corrected chi connectivity index (χ0v) is 12.9. The minimum atomic E-state index is -0.712. The molecule has 116 valence electrons. The number of hydrogen-bond acceptors (Lipinski definition) is 5. The molecule has 21 heavy (non-hydrogen) atoms. The second-order valence-electron chi connectivity index (χ2n) is 5.09. The molecule has 0 saturated carbocycles. The number of anilines is 1. The number of benzene rings is 1. The molecule has 1 heterocycles. The van der Waals surface area contributed by atoms with Crippen molar-refractivity contribution >= 4 is 22.2 Å². The predicted octanol–water partition coefficient (Wildman–Crippen LogP) is 2.71. The van der Waals surface area contributed by atoms with Crippen molar-refractivity contribution in [2.45, 2.75) is 32.2 Å². The summed E-state index contributed by atoms with van der Waals surface area (Å²) >= 11 is 0. The molecule has 0 atom stereocenters. The summed E-state index contributed by atoms with van der Waals surface area (Å²) in [7, 11) is -0.712. The molecule has 1 N–H and O–H groups in total. The normalized spacial score (nSPS) is 21.8. The highest BCUT2D eigenvalue weighted by Crippen LogP contribution is 2.27. The molecule has 1 saturated heterocycles. The Morgan fingerprint density at radius 2 is 2.10 bits per heavy atom. The molecular formula is C14H20N2O4S. The Morgan fingerprint density at radius 1 is 1.38 bits per heavy atom. The fourth-order valence-corrected chi connectivity index (χ4v) is 3.55. The van der Waals surface area contributed by atoms with Crippen molar-refractivity contribution in [1.29, 1.82) is 0 Å². The van der Waals surface area contributed by atoms with Gasteiger partial charge in [0.25, 0.3) is 5.69 Å². The van der Waals surface area contributed by atoms with Gasteiger partial charge in [0.1, 0.15) is 5.75 Å². The van der Waals surface area contributed by atoms with E-state index in [0.717, 1.165) is 19.3 Å². The summed E-state index contributed by atoms with van der Waals surface area (Å²) in [5, 5.41) is 14.3. The quantitative estimate of drug-likeness (QED) is 0.645. The minimum absolute atomic E-state index is 0.0190. The monoisotopic (exact) mass is 312 g/mol. The third-order valence-corrected chi connectivity index (χ3v) is 4.72. The van der Waals surface area contributed by atoms with E-state index in [9.17, 15) is 14.3 Å². The zero-order valence-electron chi connectivity index (χ0n) is 12.0. The van der Waals surface area contributed by atoms with Gasteiger partial charge >= 0.3 is 0 Å². The van der Waals surface area contributed by atoms with Crippen LogP contribution in [0.15, 0.2) is 18.2 Å². The lowest BCUT2D eigenvalue weighted by Gasteiger charge is -2.23. The zero-order chi connectivity index (χ0) is 15.2. The highest BCUT2D eigenvalue weighted by atomic mass is 32.2. The molecule has 0 unspecified atom stereocenters. The molecule has 7 heteroatoms. The molecule has 0 aliphatic carbocycles. The van der Waals surface area contributed by atoms with Crippen molar-refractivity contribution in [1.82, 2.24) is 0 Å². The van der Waals surface area contributed by atoms with Crippen LogP contribution in [0.5, 0.6) is 5.75 Å². The predicted molar refractivity (Wildman–Crippen MR) is 83.4 cm³/mol. The smallest absolute Gasteiger partial charge is 0.275 e. The van der Waals surface area contributed by atoms with E-state index in [2.05, 4.69) is 5.32 Å². The van der Waals surface area contributed by atoms with Crippen molar-refractivity contribution in [2.75, 3.05) is 23.4 Å². The van der Waals surface area contributed by atoms with Crippen LogP contribution in [0.3, 0.4) is 0 Å². The maximum Gasteiger partial charge on any atom is 0.275 e.